The molecule has 2 rings (SSSR count). The molecule has 0 bridgehead atoms. The van der Waals surface area contributed by atoms with Crippen molar-refractivity contribution in [1.82, 2.24) is 9.78 Å². The first-order valence-electron chi connectivity index (χ1n) is 6.02. The van der Waals surface area contributed by atoms with Gasteiger partial charge in [0.1, 0.15) is 4.64 Å². The molecule has 3 heteroatoms. The van der Waals surface area contributed by atoms with Gasteiger partial charge >= 0.3 is 0 Å². The third-order valence-corrected chi connectivity index (χ3v) is 3.14. The molecule has 2 nitrogen and oxygen atoms in total. The number of aromatic amines is 1. The standard InChI is InChI=1S/C14H18N2S/c1-11(2)8-9-16-14(17)10-13(15-16)12-6-4-3-5-7-12/h3-7,10-11,15H,8-9H2,1-2H3. The molecule has 0 saturated heterocycles. The van der Waals surface area contributed by atoms with E-state index in [1.54, 1.807) is 0 Å². The summed E-state index contributed by atoms with van der Waals surface area (Å²) in [5.41, 5.74) is 2.28. The van der Waals surface area contributed by atoms with E-state index in [1.807, 2.05) is 24.3 Å². The van der Waals surface area contributed by atoms with E-state index in [9.17, 15) is 0 Å². The number of nitrogens with one attached hydrogen (secondary N) is 1. The molecule has 0 atom stereocenters. The van der Waals surface area contributed by atoms with Gasteiger partial charge in [0, 0.05) is 6.54 Å². The van der Waals surface area contributed by atoms with Gasteiger partial charge in [0.15, 0.2) is 0 Å². The van der Waals surface area contributed by atoms with Gasteiger partial charge in [-0.15, -0.1) is 0 Å². The highest BCUT2D eigenvalue weighted by Crippen LogP contribution is 2.17. The molecule has 0 aliphatic rings. The Morgan fingerprint density at radius 1 is 1.24 bits per heavy atom. The monoisotopic (exact) mass is 246 g/mol. The lowest BCUT2D eigenvalue weighted by Gasteiger charge is -2.05. The first kappa shape index (κ1) is 12.1. The Morgan fingerprint density at radius 2 is 1.94 bits per heavy atom. The number of hydrogen-bond donors (Lipinski definition) is 1. The van der Waals surface area contributed by atoms with Crippen LogP contribution in [-0.4, -0.2) is 9.78 Å². The van der Waals surface area contributed by atoms with Crippen LogP contribution in [0.25, 0.3) is 11.3 Å². The highest BCUT2D eigenvalue weighted by Gasteiger charge is 2.03. The molecule has 1 aromatic carbocycles. The van der Waals surface area contributed by atoms with E-state index in [1.165, 1.54) is 5.56 Å². The largest absolute Gasteiger partial charge is 0.297 e. The van der Waals surface area contributed by atoms with Crippen LogP contribution in [0, 0.1) is 10.6 Å². The zero-order valence-electron chi connectivity index (χ0n) is 10.3. The van der Waals surface area contributed by atoms with Crippen LogP contribution in [0.5, 0.6) is 0 Å². The molecule has 1 aromatic heterocycles. The Kier molecular flexibility index (Phi) is 3.79. The summed E-state index contributed by atoms with van der Waals surface area (Å²) in [6.07, 6.45) is 1.14. The summed E-state index contributed by atoms with van der Waals surface area (Å²) < 4.78 is 2.93. The lowest BCUT2D eigenvalue weighted by Crippen LogP contribution is -2.03. The van der Waals surface area contributed by atoms with Crippen LogP contribution < -0.4 is 0 Å². The summed E-state index contributed by atoms with van der Waals surface area (Å²) in [6.45, 7) is 5.42. The van der Waals surface area contributed by atoms with Crippen LogP contribution in [0.2, 0.25) is 0 Å². The fourth-order valence-corrected chi connectivity index (χ4v) is 2.01. The van der Waals surface area contributed by atoms with Crippen LogP contribution in [0.4, 0.5) is 0 Å². The molecule has 0 aliphatic carbocycles. The van der Waals surface area contributed by atoms with Crippen LogP contribution in [0.3, 0.4) is 0 Å². The Hall–Kier alpha value is -1.35. The number of nitrogens with zero attached hydrogens (tertiary/aromatic N) is 1. The third kappa shape index (κ3) is 3.07. The van der Waals surface area contributed by atoms with Crippen molar-refractivity contribution in [1.29, 1.82) is 0 Å². The molecule has 0 fully saturated rings. The first-order chi connectivity index (χ1) is 8.16. The maximum absolute atomic E-state index is 5.36. The molecule has 0 radical (unpaired) electrons. The minimum atomic E-state index is 0.695. The van der Waals surface area contributed by atoms with Crippen molar-refractivity contribution in [3.8, 4) is 11.3 Å². The van der Waals surface area contributed by atoms with Crippen LogP contribution in [-0.2, 0) is 6.54 Å². The summed E-state index contributed by atoms with van der Waals surface area (Å²) in [5.74, 6) is 0.695. The van der Waals surface area contributed by atoms with E-state index < -0.39 is 0 Å². The quantitative estimate of drug-likeness (QED) is 0.799. The van der Waals surface area contributed by atoms with Crippen molar-refractivity contribution in [2.24, 2.45) is 5.92 Å². The van der Waals surface area contributed by atoms with Gasteiger partial charge in [0.25, 0.3) is 0 Å². The molecular weight excluding hydrogens is 228 g/mol. The van der Waals surface area contributed by atoms with Crippen molar-refractivity contribution in [3.63, 3.8) is 0 Å². The molecule has 2 aromatic rings. The molecule has 0 aliphatic heterocycles. The number of benzene rings is 1. The van der Waals surface area contributed by atoms with Gasteiger partial charge in [-0.1, -0.05) is 56.4 Å². The molecule has 90 valence electrons. The highest BCUT2D eigenvalue weighted by atomic mass is 32.1. The zero-order valence-corrected chi connectivity index (χ0v) is 11.1. The van der Waals surface area contributed by atoms with E-state index in [2.05, 4.69) is 35.8 Å². The summed E-state index contributed by atoms with van der Waals surface area (Å²) in [4.78, 5) is 0. The van der Waals surface area contributed by atoms with Crippen molar-refractivity contribution < 1.29 is 0 Å². The Morgan fingerprint density at radius 3 is 2.59 bits per heavy atom. The normalized spacial score (nSPS) is 11.0. The van der Waals surface area contributed by atoms with Crippen LogP contribution in [0.1, 0.15) is 20.3 Å². The minimum Gasteiger partial charge on any atom is -0.297 e. The van der Waals surface area contributed by atoms with Crippen LogP contribution in [0.15, 0.2) is 36.4 Å². The average molecular weight is 246 g/mol. The number of aromatic nitrogens is 2. The SMILES string of the molecule is CC(C)CCn1[nH]c(-c2ccccc2)cc1=S. The summed E-state index contributed by atoms with van der Waals surface area (Å²) in [5, 5.41) is 3.37. The first-order valence-corrected chi connectivity index (χ1v) is 6.43. The van der Waals surface area contributed by atoms with Crippen molar-refractivity contribution in [3.05, 3.63) is 41.0 Å². The third-order valence-electron chi connectivity index (χ3n) is 2.80. The topological polar surface area (TPSA) is 20.7 Å². The number of rotatable bonds is 4. The molecule has 17 heavy (non-hydrogen) atoms. The molecule has 0 spiro atoms. The molecule has 0 saturated carbocycles. The Bertz CT molecular complexity index is 523. The van der Waals surface area contributed by atoms with Crippen molar-refractivity contribution >= 4 is 12.2 Å². The molecule has 1 heterocycles. The van der Waals surface area contributed by atoms with E-state index in [0.717, 1.165) is 23.3 Å². The fraction of sp³-hybridized carbons (Fsp3) is 0.357. The van der Waals surface area contributed by atoms with Crippen molar-refractivity contribution in [2.45, 2.75) is 26.8 Å². The van der Waals surface area contributed by atoms with Gasteiger partial charge in [0.05, 0.1) is 5.69 Å². The van der Waals surface area contributed by atoms with Gasteiger partial charge < -0.3 is 0 Å². The lowest BCUT2D eigenvalue weighted by molar-refractivity contribution is 0.485. The maximum Gasteiger partial charge on any atom is 0.122 e. The minimum absolute atomic E-state index is 0.695. The molecule has 1 N–H and O–H groups in total. The van der Waals surface area contributed by atoms with Gasteiger partial charge in [-0.05, 0) is 24.0 Å². The average Bonchev–Trinajstić information content (AvgIpc) is 2.69. The molecule has 0 unspecified atom stereocenters. The Labute approximate surface area is 107 Å². The second kappa shape index (κ2) is 5.32. The van der Waals surface area contributed by atoms with Crippen molar-refractivity contribution in [2.75, 3.05) is 0 Å². The smallest absolute Gasteiger partial charge is 0.122 e. The predicted molar refractivity (Wildman–Crippen MR) is 74.5 cm³/mol. The van der Waals surface area contributed by atoms with Crippen LogP contribution >= 0.6 is 12.2 Å². The van der Waals surface area contributed by atoms with E-state index in [0.29, 0.717) is 5.92 Å². The zero-order chi connectivity index (χ0) is 12.3. The summed E-state index contributed by atoms with van der Waals surface area (Å²) >= 11 is 5.36. The van der Waals surface area contributed by atoms with Gasteiger partial charge in [-0.2, -0.15) is 0 Å². The fourth-order valence-electron chi connectivity index (χ4n) is 1.75. The number of aryl methyl sites for hydroxylation is 1. The maximum atomic E-state index is 5.36. The summed E-state index contributed by atoms with van der Waals surface area (Å²) in [6, 6.07) is 12.3. The molecule has 0 amide bonds. The second-order valence-electron chi connectivity index (χ2n) is 4.71. The predicted octanol–water partition coefficient (Wildman–Crippen LogP) is 4.26. The van der Waals surface area contributed by atoms with E-state index >= 15 is 0 Å². The van der Waals surface area contributed by atoms with E-state index in [4.69, 9.17) is 12.2 Å². The van der Waals surface area contributed by atoms with Gasteiger partial charge in [-0.3, -0.25) is 9.78 Å². The van der Waals surface area contributed by atoms with Gasteiger partial charge in [0.2, 0.25) is 0 Å². The lowest BCUT2D eigenvalue weighted by atomic mass is 10.1. The number of hydrogen-bond acceptors (Lipinski definition) is 1. The van der Waals surface area contributed by atoms with Gasteiger partial charge in [-0.25, -0.2) is 0 Å². The van der Waals surface area contributed by atoms with E-state index in [-0.39, 0.29) is 0 Å². The highest BCUT2D eigenvalue weighted by molar-refractivity contribution is 7.71. The molecular formula is C14H18N2S. The second-order valence-corrected chi connectivity index (χ2v) is 5.13. The summed E-state index contributed by atoms with van der Waals surface area (Å²) in [7, 11) is 0. The Balaban J connectivity index is 2.22. The number of H-pyrrole nitrogens is 1.